The largest absolute Gasteiger partial charge is 0.487 e. The Morgan fingerprint density at radius 2 is 1.55 bits per heavy atom. The molecule has 0 unspecified atom stereocenters. The van der Waals surface area contributed by atoms with Crippen molar-refractivity contribution in [2.45, 2.75) is 33.3 Å². The van der Waals surface area contributed by atoms with Gasteiger partial charge in [0.25, 0.3) is 0 Å². The number of rotatable bonds is 3. The molecular weight excluding hydrogens is 308 g/mol. The van der Waals surface area contributed by atoms with Gasteiger partial charge >= 0.3 is 0 Å². The molecule has 0 fully saturated rings. The minimum absolute atomic E-state index is 0.262. The number of benzene rings is 2. The lowest BCUT2D eigenvalue weighted by molar-refractivity contribution is 0.130. The van der Waals surface area contributed by atoms with Crippen molar-refractivity contribution >= 4 is 35.1 Å². The molecular formula is C19H22OS2. The molecule has 3 heteroatoms. The zero-order valence-corrected chi connectivity index (χ0v) is 15.2. The van der Waals surface area contributed by atoms with Crippen LogP contribution in [-0.2, 0) is 0 Å². The van der Waals surface area contributed by atoms with Crippen LogP contribution in [0, 0.1) is 6.92 Å². The first-order valence-electron chi connectivity index (χ1n) is 7.25. The monoisotopic (exact) mass is 330 g/mol. The lowest BCUT2D eigenvalue weighted by Crippen LogP contribution is -2.23. The second kappa shape index (κ2) is 6.84. The fourth-order valence-electron chi connectivity index (χ4n) is 2.11. The molecule has 0 atom stereocenters. The molecule has 22 heavy (non-hydrogen) atoms. The molecule has 0 radical (unpaired) electrons. The third-order valence-corrected chi connectivity index (χ3v) is 4.20. The average molecular weight is 331 g/mol. The van der Waals surface area contributed by atoms with Gasteiger partial charge < -0.3 is 4.74 Å². The number of aryl methyl sites for hydroxylation is 1. The molecule has 2 rings (SSSR count). The molecule has 0 amide bonds. The van der Waals surface area contributed by atoms with Crippen molar-refractivity contribution in [2.75, 3.05) is 0 Å². The van der Waals surface area contributed by atoms with Crippen LogP contribution in [-0.4, -0.2) is 5.60 Å². The van der Waals surface area contributed by atoms with Crippen molar-refractivity contribution in [3.63, 3.8) is 0 Å². The highest BCUT2D eigenvalue weighted by Gasteiger charge is 2.17. The highest BCUT2D eigenvalue weighted by molar-refractivity contribution is 7.96. The summed E-state index contributed by atoms with van der Waals surface area (Å²) < 4.78 is 6.08. The minimum Gasteiger partial charge on any atom is -0.487 e. The van der Waals surface area contributed by atoms with Crippen molar-refractivity contribution < 1.29 is 4.74 Å². The second-order valence-corrected chi connectivity index (χ2v) is 7.17. The predicted octanol–water partition coefficient (Wildman–Crippen LogP) is 5.86. The van der Waals surface area contributed by atoms with Gasteiger partial charge in [0.05, 0.1) is 0 Å². The molecule has 0 aliphatic carbocycles. The van der Waals surface area contributed by atoms with Gasteiger partial charge in [-0.3, -0.25) is 0 Å². The zero-order chi connectivity index (χ0) is 16.3. The quantitative estimate of drug-likeness (QED) is 0.529. The van der Waals surface area contributed by atoms with Crippen LogP contribution in [0.2, 0.25) is 0 Å². The van der Waals surface area contributed by atoms with Gasteiger partial charge in [-0.25, -0.2) is 0 Å². The summed E-state index contributed by atoms with van der Waals surface area (Å²) in [4.78, 5) is 1.66. The van der Waals surface area contributed by atoms with E-state index in [0.717, 1.165) is 32.3 Å². The Bertz CT molecular complexity index is 682. The minimum atomic E-state index is -0.262. The summed E-state index contributed by atoms with van der Waals surface area (Å²) in [5, 5.41) is 0. The topological polar surface area (TPSA) is 9.23 Å². The van der Waals surface area contributed by atoms with Crippen molar-refractivity contribution in [1.82, 2.24) is 0 Å². The van der Waals surface area contributed by atoms with E-state index in [0.29, 0.717) is 0 Å². The van der Waals surface area contributed by atoms with Crippen LogP contribution >= 0.6 is 25.3 Å². The molecule has 1 nitrogen and oxygen atoms in total. The van der Waals surface area contributed by atoms with Crippen LogP contribution in [0.5, 0.6) is 5.75 Å². The summed E-state index contributed by atoms with van der Waals surface area (Å²) in [6, 6.07) is 16.2. The molecule has 0 bridgehead atoms. The average Bonchev–Trinajstić information content (AvgIpc) is 2.47. The van der Waals surface area contributed by atoms with Crippen molar-refractivity contribution in [3.8, 4) is 5.75 Å². The highest BCUT2D eigenvalue weighted by atomic mass is 32.1. The smallest absolute Gasteiger partial charge is 0.128 e. The molecule has 0 heterocycles. The zero-order valence-electron chi connectivity index (χ0n) is 13.4. The Morgan fingerprint density at radius 3 is 2.14 bits per heavy atom. The third-order valence-electron chi connectivity index (χ3n) is 3.08. The molecule has 0 aliphatic rings. The Kier molecular flexibility index (Phi) is 5.30. The van der Waals surface area contributed by atoms with Crippen LogP contribution in [0.1, 0.15) is 37.5 Å². The van der Waals surface area contributed by atoms with E-state index in [-0.39, 0.29) is 5.60 Å². The summed E-state index contributed by atoms with van der Waals surface area (Å²) in [5.74, 6) is 0.825. The van der Waals surface area contributed by atoms with E-state index < -0.39 is 0 Å². The molecule has 0 saturated heterocycles. The Hall–Kier alpha value is -1.32. The van der Waals surface area contributed by atoms with Gasteiger partial charge in [0, 0.05) is 15.4 Å². The summed E-state index contributed by atoms with van der Waals surface area (Å²) in [6.07, 6.45) is 0. The normalized spacial score (nSPS) is 12.8. The van der Waals surface area contributed by atoms with E-state index in [9.17, 15) is 0 Å². The van der Waals surface area contributed by atoms with E-state index in [1.807, 2.05) is 63.2 Å². The van der Waals surface area contributed by atoms with Crippen LogP contribution < -0.4 is 4.74 Å². The van der Waals surface area contributed by atoms with E-state index in [1.54, 1.807) is 0 Å². The van der Waals surface area contributed by atoms with Gasteiger partial charge in [0.15, 0.2) is 0 Å². The summed E-state index contributed by atoms with van der Waals surface area (Å²) in [6.45, 7) is 8.18. The van der Waals surface area contributed by atoms with Crippen molar-refractivity contribution in [1.29, 1.82) is 0 Å². The first kappa shape index (κ1) is 17.0. The van der Waals surface area contributed by atoms with Gasteiger partial charge in [-0.05, 0) is 45.4 Å². The maximum Gasteiger partial charge on any atom is 0.128 e. The fraction of sp³-hybridized carbons (Fsp3) is 0.263. The predicted molar refractivity (Wildman–Crippen MR) is 103 cm³/mol. The van der Waals surface area contributed by atoms with Crippen molar-refractivity contribution in [2.24, 2.45) is 0 Å². The van der Waals surface area contributed by atoms with E-state index in [1.165, 1.54) is 0 Å². The molecule has 116 valence electrons. The maximum absolute atomic E-state index is 6.08. The van der Waals surface area contributed by atoms with E-state index in [4.69, 9.17) is 17.4 Å². The number of hydrogen-bond donors (Lipinski definition) is 2. The lowest BCUT2D eigenvalue weighted by Gasteiger charge is -2.24. The van der Waals surface area contributed by atoms with Gasteiger partial charge in [0.2, 0.25) is 0 Å². The van der Waals surface area contributed by atoms with Crippen LogP contribution in [0.25, 0.3) is 9.81 Å². The third kappa shape index (κ3) is 4.34. The summed E-state index contributed by atoms with van der Waals surface area (Å²) >= 11 is 9.38. The molecule has 0 saturated carbocycles. The van der Waals surface area contributed by atoms with Gasteiger partial charge in [-0.2, -0.15) is 0 Å². The highest BCUT2D eigenvalue weighted by Crippen LogP contribution is 2.38. The molecule has 0 aromatic heterocycles. The van der Waals surface area contributed by atoms with Crippen LogP contribution in [0.15, 0.2) is 48.5 Å². The van der Waals surface area contributed by atoms with Gasteiger partial charge in [-0.1, -0.05) is 42.0 Å². The number of hydrogen-bond acceptors (Lipinski definition) is 3. The second-order valence-electron chi connectivity index (χ2n) is 6.28. The molecule has 2 aromatic carbocycles. The summed E-state index contributed by atoms with van der Waals surface area (Å²) in [5.41, 5.74) is 2.91. The SMILES string of the molecule is Cc1ccc(OC(C)(C)C)c(/C(S)=C(/S)c2ccccc2)c1. The van der Waals surface area contributed by atoms with Crippen LogP contribution in [0.4, 0.5) is 0 Å². The first-order chi connectivity index (χ1) is 10.3. The van der Waals surface area contributed by atoms with Gasteiger partial charge in [0.1, 0.15) is 11.4 Å². The fourth-order valence-corrected chi connectivity index (χ4v) is 2.68. The number of thiol groups is 2. The molecule has 0 aliphatic heterocycles. The maximum atomic E-state index is 6.08. The molecule has 2 aromatic rings. The van der Waals surface area contributed by atoms with Crippen LogP contribution in [0.3, 0.4) is 0 Å². The number of ether oxygens (including phenoxy) is 1. The molecule has 0 spiro atoms. The first-order valence-corrected chi connectivity index (χ1v) is 8.15. The Morgan fingerprint density at radius 1 is 0.909 bits per heavy atom. The van der Waals surface area contributed by atoms with Crippen molar-refractivity contribution in [3.05, 3.63) is 65.2 Å². The van der Waals surface area contributed by atoms with E-state index >= 15 is 0 Å². The Balaban J connectivity index is 2.53. The summed E-state index contributed by atoms with van der Waals surface area (Å²) in [7, 11) is 0. The molecule has 0 N–H and O–H groups in total. The van der Waals surface area contributed by atoms with E-state index in [2.05, 4.69) is 25.6 Å². The van der Waals surface area contributed by atoms with Gasteiger partial charge in [-0.15, -0.1) is 25.3 Å². The Labute approximate surface area is 144 Å². The lowest BCUT2D eigenvalue weighted by atomic mass is 10.1. The standard InChI is InChI=1S/C19H22OS2/c1-13-10-11-16(20-19(2,3)4)15(12-13)18(22)17(21)14-8-6-5-7-9-14/h5-12,21-22H,1-4H3/b18-17-.